The van der Waals surface area contributed by atoms with Gasteiger partial charge in [0.2, 0.25) is 0 Å². The van der Waals surface area contributed by atoms with Gasteiger partial charge in [-0.15, -0.1) is 12.3 Å². The highest BCUT2D eigenvalue weighted by atomic mass is 16.4. The van der Waals surface area contributed by atoms with E-state index in [1.807, 2.05) is 48.5 Å². The van der Waals surface area contributed by atoms with E-state index in [1.54, 1.807) is 60.7 Å². The van der Waals surface area contributed by atoms with Gasteiger partial charge in [-0.05, 0) is 120 Å². The number of aromatic nitrogens is 2. The molecule has 0 saturated carbocycles. The lowest BCUT2D eigenvalue weighted by atomic mass is 9.64. The smallest absolute Gasteiger partial charge is 0.337 e. The number of pyridine rings is 2. The topological polar surface area (TPSA) is 244 Å². The molecule has 2 N–H and O–H groups in total. The summed E-state index contributed by atoms with van der Waals surface area (Å²) in [7, 11) is 0. The Morgan fingerprint density at radius 3 is 0.759 bits per heavy atom. The number of carboxylic acids is 5. The first-order valence-corrected chi connectivity index (χ1v) is 24.3. The summed E-state index contributed by atoms with van der Waals surface area (Å²) < 4.78 is 0. The van der Waals surface area contributed by atoms with Crippen LogP contribution in [-0.4, -0.2) is 50.0 Å². The molecule has 10 rings (SSSR count). The molecule has 0 aliphatic rings. The van der Waals surface area contributed by atoms with Gasteiger partial charge in [0, 0.05) is 18.0 Å². The predicted molar refractivity (Wildman–Crippen MR) is 290 cm³/mol. The maximum atomic E-state index is 11.9. The van der Waals surface area contributed by atoms with E-state index < -0.39 is 35.3 Å². The van der Waals surface area contributed by atoms with Crippen molar-refractivity contribution in [2.75, 3.05) is 0 Å². The van der Waals surface area contributed by atoms with Crippen molar-refractivity contribution in [3.8, 4) is 55.9 Å². The largest absolute Gasteiger partial charge is 0.872 e. The number of hydrogen-bond donors (Lipinski definition) is 2. The van der Waals surface area contributed by atoms with Gasteiger partial charge < -0.3 is 45.0 Å². The number of carbonyl (C=O) groups excluding carboxylic acids is 3. The van der Waals surface area contributed by atoms with Crippen LogP contribution in [0.3, 0.4) is 0 Å². The van der Waals surface area contributed by atoms with Crippen molar-refractivity contribution in [3.05, 3.63) is 293 Å². The van der Waals surface area contributed by atoms with E-state index in [2.05, 4.69) is 77.2 Å². The SMILES string of the molecule is C=C([O-])c1ccc(-c2ccc(C(c3ccc(-c4ccc(C(=O)[O-])cc4)cc3)(c3ccc(-c4ccc(C(=O)[O-])cc4)cc3)c3ccc(-c4ccc(C(=O)O)cc4)cc3)cc2)cc1.O=C([O-])c1ccc(-c2ccc(C(=O)O)cn2)nc1. The minimum Gasteiger partial charge on any atom is -0.872 e. The molecule has 10 aromatic rings. The van der Waals surface area contributed by atoms with Crippen LogP contribution in [0.1, 0.15) is 79.6 Å². The standard InChI is InChI=1S/C54H38O7.C12H8N2O4/c1-34(55)35-2-4-36(5-3-35)40-18-26-47(27-19-40)54(48-28-20-41(21-29-48)37-6-12-44(13-7-37)51(56)57,49-30-22-42(23-31-49)38-8-14-45(15-9-38)52(58)59)50-32-24-43(25-33-50)39-10-16-46(17-11-39)53(60)61;15-11(16)7-1-3-9(13-5-7)10-4-2-8(6-14-10)12(17)18/h2-33,55H,1H2,(H,56,57)(H,58,59)(H,60,61);1-6H,(H,15,16)(H,17,18)/p-4. The van der Waals surface area contributed by atoms with Crippen LogP contribution in [-0.2, 0) is 5.41 Å². The van der Waals surface area contributed by atoms with Crippen molar-refractivity contribution < 1.29 is 54.6 Å². The first kappa shape index (κ1) is 52.8. The van der Waals surface area contributed by atoms with Crippen LogP contribution in [0.15, 0.2) is 237 Å². The molecular formula is C66H42N2O11-4. The second-order valence-corrected chi connectivity index (χ2v) is 18.1. The normalized spacial score (nSPS) is 10.9. The number of aromatic carboxylic acids is 5. The van der Waals surface area contributed by atoms with Crippen LogP contribution < -0.4 is 20.4 Å². The molecule has 0 radical (unpaired) electrons. The van der Waals surface area contributed by atoms with Gasteiger partial charge in [0.1, 0.15) is 0 Å². The monoisotopic (exact) mass is 1040 g/mol. The van der Waals surface area contributed by atoms with Crippen LogP contribution in [0.2, 0.25) is 0 Å². The van der Waals surface area contributed by atoms with Crippen LogP contribution in [0, 0.1) is 0 Å². The molecular weight excluding hydrogens is 997 g/mol. The zero-order valence-corrected chi connectivity index (χ0v) is 41.6. The molecule has 79 heavy (non-hydrogen) atoms. The summed E-state index contributed by atoms with van der Waals surface area (Å²) in [4.78, 5) is 63.5. The first-order valence-electron chi connectivity index (χ1n) is 24.3. The summed E-state index contributed by atoms with van der Waals surface area (Å²) in [5, 5.41) is 63.5. The molecule has 0 atom stereocenters. The lowest BCUT2D eigenvalue weighted by molar-refractivity contribution is -0.256. The van der Waals surface area contributed by atoms with E-state index in [-0.39, 0.29) is 33.6 Å². The Hall–Kier alpha value is -11.1. The van der Waals surface area contributed by atoms with E-state index >= 15 is 0 Å². The van der Waals surface area contributed by atoms with Gasteiger partial charge in [0.05, 0.1) is 45.8 Å². The Morgan fingerprint density at radius 2 is 0.532 bits per heavy atom. The van der Waals surface area contributed by atoms with Gasteiger partial charge in [-0.2, -0.15) is 0 Å². The Morgan fingerprint density at radius 1 is 0.304 bits per heavy atom. The van der Waals surface area contributed by atoms with E-state index in [0.29, 0.717) is 17.0 Å². The minimum atomic E-state index is -1.30. The average Bonchev–Trinajstić information content (AvgIpc) is 3.68. The van der Waals surface area contributed by atoms with Crippen molar-refractivity contribution >= 4 is 35.6 Å². The molecule has 2 heterocycles. The number of rotatable bonds is 15. The average molecular weight is 1040 g/mol. The summed E-state index contributed by atoms with van der Waals surface area (Å²) in [6.07, 6.45) is 2.38. The van der Waals surface area contributed by atoms with Crippen molar-refractivity contribution in [2.24, 2.45) is 0 Å². The summed E-state index contributed by atoms with van der Waals surface area (Å²) in [5.41, 5.74) is 11.8. The highest BCUT2D eigenvalue weighted by Crippen LogP contribution is 2.47. The van der Waals surface area contributed by atoms with Crippen molar-refractivity contribution in [1.82, 2.24) is 9.97 Å². The third-order valence-corrected chi connectivity index (χ3v) is 13.5. The Kier molecular flexibility index (Phi) is 15.3. The Balaban J connectivity index is 0.000000356. The molecule has 0 saturated heterocycles. The van der Waals surface area contributed by atoms with E-state index in [4.69, 9.17) is 5.11 Å². The molecule has 13 heteroatoms. The van der Waals surface area contributed by atoms with Crippen LogP contribution in [0.4, 0.5) is 0 Å². The fourth-order valence-electron chi connectivity index (χ4n) is 9.24. The molecule has 8 aromatic carbocycles. The summed E-state index contributed by atoms with van der Waals surface area (Å²) in [6, 6.07) is 65.9. The second kappa shape index (κ2) is 22.8. The van der Waals surface area contributed by atoms with Gasteiger partial charge >= 0.3 is 11.9 Å². The van der Waals surface area contributed by atoms with Crippen molar-refractivity contribution in [2.45, 2.75) is 5.41 Å². The van der Waals surface area contributed by atoms with Crippen LogP contribution >= 0.6 is 0 Å². The highest BCUT2D eigenvalue weighted by molar-refractivity contribution is 5.90. The van der Waals surface area contributed by atoms with Crippen molar-refractivity contribution in [3.63, 3.8) is 0 Å². The first-order chi connectivity index (χ1) is 38.1. The zero-order chi connectivity index (χ0) is 55.8. The number of nitrogens with zero attached hydrogens (tertiary/aromatic N) is 2. The molecule has 0 amide bonds. The number of hydrogen-bond acceptors (Lipinski definition) is 11. The molecule has 0 fully saturated rings. The van der Waals surface area contributed by atoms with E-state index in [0.717, 1.165) is 73.0 Å². The van der Waals surface area contributed by atoms with Gasteiger partial charge in [-0.3, -0.25) is 9.97 Å². The molecule has 0 aliphatic heterocycles. The fourth-order valence-corrected chi connectivity index (χ4v) is 9.24. The second-order valence-electron chi connectivity index (χ2n) is 18.1. The number of carbonyl (C=O) groups is 5. The molecule has 386 valence electrons. The quantitative estimate of drug-likeness (QED) is 0.0722. The van der Waals surface area contributed by atoms with Gasteiger partial charge in [0.25, 0.3) is 0 Å². The Bertz CT molecular complexity index is 3400. The molecule has 0 bridgehead atoms. The molecule has 13 nitrogen and oxygen atoms in total. The van der Waals surface area contributed by atoms with Gasteiger partial charge in [-0.1, -0.05) is 182 Å². The maximum Gasteiger partial charge on any atom is 0.337 e. The molecule has 0 aliphatic carbocycles. The third kappa shape index (κ3) is 11.5. The lowest BCUT2D eigenvalue weighted by Crippen LogP contribution is -2.31. The minimum absolute atomic E-state index is 0.0269. The van der Waals surface area contributed by atoms with Gasteiger partial charge in [0.15, 0.2) is 0 Å². The summed E-state index contributed by atoms with van der Waals surface area (Å²) in [5.74, 6) is -6.10. The predicted octanol–water partition coefficient (Wildman–Crippen LogP) is 8.70. The highest BCUT2D eigenvalue weighted by Gasteiger charge is 2.38. The lowest BCUT2D eigenvalue weighted by Gasteiger charge is -2.37. The van der Waals surface area contributed by atoms with E-state index in [1.165, 1.54) is 54.7 Å². The van der Waals surface area contributed by atoms with Crippen LogP contribution in [0.25, 0.3) is 61.7 Å². The third-order valence-electron chi connectivity index (χ3n) is 13.5. The number of benzene rings is 8. The summed E-state index contributed by atoms with van der Waals surface area (Å²) in [6.45, 7) is 3.53. The van der Waals surface area contributed by atoms with Crippen LogP contribution in [0.5, 0.6) is 0 Å². The fraction of sp³-hybridized carbons (Fsp3) is 0.0152. The Labute approximate surface area is 452 Å². The maximum absolute atomic E-state index is 11.9. The van der Waals surface area contributed by atoms with Gasteiger partial charge in [-0.25, -0.2) is 9.59 Å². The van der Waals surface area contributed by atoms with E-state index in [9.17, 15) is 49.5 Å². The molecule has 2 aromatic heterocycles. The van der Waals surface area contributed by atoms with Crippen molar-refractivity contribution in [1.29, 1.82) is 0 Å². The molecule has 0 spiro atoms. The zero-order valence-electron chi connectivity index (χ0n) is 41.6. The molecule has 0 unspecified atom stereocenters. The number of carboxylic acid groups (broad SMARTS) is 5. The summed E-state index contributed by atoms with van der Waals surface area (Å²) >= 11 is 0.